The first-order chi connectivity index (χ1) is 15.1. The number of aliphatic hydroxyl groups is 2. The van der Waals surface area contributed by atoms with Crippen molar-refractivity contribution >= 4 is 33.3 Å². The van der Waals surface area contributed by atoms with Crippen molar-refractivity contribution < 1.29 is 32.9 Å². The Morgan fingerprint density at radius 2 is 1.94 bits per heavy atom. The molecule has 0 saturated heterocycles. The number of allylic oxidation sites excluding steroid dienone is 1. The van der Waals surface area contributed by atoms with Gasteiger partial charge in [0.05, 0.1) is 11.3 Å². The number of hydrogen-bond acceptors (Lipinski definition) is 8. The van der Waals surface area contributed by atoms with Gasteiger partial charge in [-0.25, -0.2) is 4.79 Å². The minimum atomic E-state index is -4.72. The topological polar surface area (TPSA) is 86.1 Å². The molecule has 1 aliphatic heterocycles. The van der Waals surface area contributed by atoms with Crippen LogP contribution in [0.4, 0.5) is 18.9 Å². The van der Waals surface area contributed by atoms with Gasteiger partial charge in [0, 0.05) is 18.1 Å². The molecule has 0 fully saturated rings. The van der Waals surface area contributed by atoms with E-state index in [0.717, 1.165) is 55.6 Å². The third-order valence-electron chi connectivity index (χ3n) is 5.28. The van der Waals surface area contributed by atoms with E-state index >= 15 is 0 Å². The molecule has 2 heterocycles. The van der Waals surface area contributed by atoms with Crippen LogP contribution in [0.2, 0.25) is 0 Å². The minimum Gasteiger partial charge on any atom is -0.461 e. The summed E-state index contributed by atoms with van der Waals surface area (Å²) in [5, 5.41) is 21.2. The van der Waals surface area contributed by atoms with Crippen LogP contribution in [0, 0.1) is 0 Å². The highest BCUT2D eigenvalue weighted by Gasteiger charge is 2.44. The molecule has 0 saturated carbocycles. The molecule has 2 unspecified atom stereocenters. The second-order valence-corrected chi connectivity index (χ2v) is 8.39. The minimum absolute atomic E-state index is 0.0984. The molecule has 1 aromatic carbocycles. The Hall–Kier alpha value is -2.37. The Bertz CT molecular complexity index is 979. The number of aromatic nitrogens is 1. The molecule has 3 rings (SSSR count). The van der Waals surface area contributed by atoms with Gasteiger partial charge in [-0.05, 0) is 42.2 Å². The highest BCUT2D eigenvalue weighted by Crippen LogP contribution is 2.36. The van der Waals surface area contributed by atoms with E-state index in [1.807, 2.05) is 0 Å². The van der Waals surface area contributed by atoms with Crippen LogP contribution in [0.1, 0.15) is 49.5 Å². The molecule has 0 bridgehead atoms. The fourth-order valence-electron chi connectivity index (χ4n) is 3.54. The van der Waals surface area contributed by atoms with E-state index in [2.05, 4.69) is 11.3 Å². The number of esters is 1. The van der Waals surface area contributed by atoms with Crippen LogP contribution >= 0.6 is 11.5 Å². The summed E-state index contributed by atoms with van der Waals surface area (Å²) < 4.78 is 49.6. The van der Waals surface area contributed by atoms with Gasteiger partial charge in [0.25, 0.3) is 0 Å². The fourth-order valence-corrected chi connectivity index (χ4v) is 4.29. The maximum absolute atomic E-state index is 13.2. The van der Waals surface area contributed by atoms with Crippen molar-refractivity contribution in [2.24, 2.45) is 0 Å². The van der Waals surface area contributed by atoms with Crippen molar-refractivity contribution in [1.29, 1.82) is 0 Å². The van der Waals surface area contributed by atoms with Gasteiger partial charge in [-0.15, -0.1) is 0 Å². The van der Waals surface area contributed by atoms with Gasteiger partial charge < -0.3 is 19.8 Å². The molecule has 0 spiro atoms. The number of benzene rings is 1. The molecule has 176 valence electrons. The van der Waals surface area contributed by atoms with Crippen LogP contribution in [0.3, 0.4) is 0 Å². The highest BCUT2D eigenvalue weighted by molar-refractivity contribution is 7.13. The quantitative estimate of drug-likeness (QED) is 0.439. The van der Waals surface area contributed by atoms with Crippen LogP contribution in [-0.4, -0.2) is 57.9 Å². The summed E-state index contributed by atoms with van der Waals surface area (Å²) in [6.07, 6.45) is -2.54. The van der Waals surface area contributed by atoms with Gasteiger partial charge in [0.2, 0.25) is 6.35 Å². The predicted molar refractivity (Wildman–Crippen MR) is 115 cm³/mol. The normalized spacial score (nSPS) is 19.4. The van der Waals surface area contributed by atoms with Crippen LogP contribution in [0.25, 0.3) is 10.1 Å². The van der Waals surface area contributed by atoms with Crippen molar-refractivity contribution in [3.8, 4) is 0 Å². The zero-order valence-electron chi connectivity index (χ0n) is 17.8. The largest absolute Gasteiger partial charge is 0.461 e. The number of halogens is 3. The second-order valence-electron chi connectivity index (χ2n) is 7.59. The highest BCUT2D eigenvalue weighted by atomic mass is 32.1. The number of carbonyl (C=O) groups is 1. The van der Waals surface area contributed by atoms with E-state index in [4.69, 9.17) is 4.74 Å². The van der Waals surface area contributed by atoms with Gasteiger partial charge in [0.1, 0.15) is 5.70 Å². The maximum Gasteiger partial charge on any atom is 0.431 e. The first kappa shape index (κ1) is 24.3. The summed E-state index contributed by atoms with van der Waals surface area (Å²) in [5.74, 6) is -0.583. The molecule has 0 amide bonds. The SMILES string of the molecule is CCCCCCCOC(=O)c1nsc2ccc(N3C(O)C=C(C(F)(F)F)N(C)C3O)cc12. The van der Waals surface area contributed by atoms with E-state index in [1.54, 1.807) is 6.07 Å². The number of carbonyl (C=O) groups excluding carboxylic acids is 1. The zero-order chi connectivity index (χ0) is 23.5. The third-order valence-corrected chi connectivity index (χ3v) is 6.11. The number of aliphatic hydroxyl groups excluding tert-OH is 2. The van der Waals surface area contributed by atoms with E-state index in [0.29, 0.717) is 21.1 Å². The van der Waals surface area contributed by atoms with Crippen molar-refractivity contribution in [2.45, 2.75) is 57.8 Å². The first-order valence-electron chi connectivity index (χ1n) is 10.4. The van der Waals surface area contributed by atoms with Crippen molar-refractivity contribution in [3.05, 3.63) is 35.7 Å². The van der Waals surface area contributed by atoms with Crippen LogP contribution in [0.5, 0.6) is 0 Å². The number of alkyl halides is 3. The average molecular weight is 474 g/mol. The smallest absolute Gasteiger partial charge is 0.431 e. The van der Waals surface area contributed by atoms with Gasteiger partial charge >= 0.3 is 12.1 Å². The number of hydrogen-bond donors (Lipinski definition) is 2. The number of nitrogens with zero attached hydrogens (tertiary/aromatic N) is 3. The van der Waals surface area contributed by atoms with Crippen molar-refractivity contribution in [1.82, 2.24) is 9.27 Å². The van der Waals surface area contributed by atoms with E-state index in [1.165, 1.54) is 12.1 Å². The molecule has 2 aromatic rings. The zero-order valence-corrected chi connectivity index (χ0v) is 18.6. The summed E-state index contributed by atoms with van der Waals surface area (Å²) in [7, 11) is 1.08. The van der Waals surface area contributed by atoms with E-state index in [-0.39, 0.29) is 18.0 Å². The molecule has 1 aromatic heterocycles. The predicted octanol–water partition coefficient (Wildman–Crippen LogP) is 4.22. The lowest BCUT2D eigenvalue weighted by Crippen LogP contribution is -2.56. The van der Waals surface area contributed by atoms with Gasteiger partial charge in [0.15, 0.2) is 11.9 Å². The number of rotatable bonds is 8. The first-order valence-corrected chi connectivity index (χ1v) is 11.2. The molecule has 0 radical (unpaired) electrons. The summed E-state index contributed by atoms with van der Waals surface area (Å²) in [6, 6.07) is 4.67. The maximum atomic E-state index is 13.2. The molecule has 0 aliphatic carbocycles. The Kier molecular flexibility index (Phi) is 7.63. The van der Waals surface area contributed by atoms with Crippen LogP contribution in [-0.2, 0) is 4.74 Å². The summed E-state index contributed by atoms with van der Waals surface area (Å²) >= 11 is 1.09. The van der Waals surface area contributed by atoms with Gasteiger partial charge in [-0.1, -0.05) is 32.6 Å². The van der Waals surface area contributed by atoms with Crippen LogP contribution in [0.15, 0.2) is 30.0 Å². The molecule has 2 atom stereocenters. The molecular weight excluding hydrogens is 447 g/mol. The van der Waals surface area contributed by atoms with Gasteiger partial charge in [-0.3, -0.25) is 4.90 Å². The number of fused-ring (bicyclic) bond motifs is 1. The molecule has 32 heavy (non-hydrogen) atoms. The Balaban J connectivity index is 1.80. The molecule has 11 heteroatoms. The lowest BCUT2D eigenvalue weighted by molar-refractivity contribution is -0.133. The molecule has 1 aliphatic rings. The Morgan fingerprint density at radius 1 is 1.22 bits per heavy atom. The lowest BCUT2D eigenvalue weighted by Gasteiger charge is -2.43. The molecule has 2 N–H and O–H groups in total. The summed E-state index contributed by atoms with van der Waals surface area (Å²) in [4.78, 5) is 14.1. The molecule has 7 nitrogen and oxygen atoms in total. The fraction of sp³-hybridized carbons (Fsp3) is 0.524. The van der Waals surface area contributed by atoms with E-state index in [9.17, 15) is 28.2 Å². The van der Waals surface area contributed by atoms with Crippen molar-refractivity contribution in [2.75, 3.05) is 18.6 Å². The Morgan fingerprint density at radius 3 is 2.62 bits per heavy atom. The van der Waals surface area contributed by atoms with Crippen LogP contribution < -0.4 is 4.90 Å². The number of anilines is 1. The summed E-state index contributed by atoms with van der Waals surface area (Å²) in [5.41, 5.74) is -0.813. The second kappa shape index (κ2) is 10.1. The third kappa shape index (κ3) is 5.16. The van der Waals surface area contributed by atoms with Gasteiger partial charge in [-0.2, -0.15) is 17.5 Å². The van der Waals surface area contributed by atoms with E-state index < -0.39 is 30.4 Å². The Labute approximate surface area is 187 Å². The summed E-state index contributed by atoms with van der Waals surface area (Å²) in [6.45, 7) is 2.40. The standard InChI is InChI=1S/C21H26F3N3O4S/c1-3-4-5-6-7-10-31-19(29)18-14-11-13(8-9-15(14)32-25-18)27-17(28)12-16(21(22,23)24)26(2)20(27)30/h8-9,11-12,17,20,28,30H,3-7,10H2,1-2H3. The van der Waals surface area contributed by atoms with Crippen molar-refractivity contribution in [3.63, 3.8) is 0 Å². The monoisotopic (exact) mass is 473 g/mol. The lowest BCUT2D eigenvalue weighted by atomic mass is 10.1. The number of ether oxygens (including phenoxy) is 1. The number of unbranched alkanes of at least 4 members (excludes halogenated alkanes) is 4. The average Bonchev–Trinajstić information content (AvgIpc) is 3.16. The molecular formula is C21H26F3N3O4S.